The van der Waals surface area contributed by atoms with Gasteiger partial charge in [0.05, 0.1) is 6.61 Å². The highest BCUT2D eigenvalue weighted by Gasteiger charge is 2.17. The van der Waals surface area contributed by atoms with Crippen molar-refractivity contribution in [3.63, 3.8) is 0 Å². The molecule has 0 aliphatic carbocycles. The summed E-state index contributed by atoms with van der Waals surface area (Å²) in [5, 5.41) is 0.705. The summed E-state index contributed by atoms with van der Waals surface area (Å²) in [6.45, 7) is 0.422. The zero-order valence-electron chi connectivity index (χ0n) is 9.04. The van der Waals surface area contributed by atoms with E-state index in [-0.39, 0.29) is 5.91 Å². The lowest BCUT2D eigenvalue weighted by atomic mass is 10.2. The Morgan fingerprint density at radius 3 is 2.71 bits per heavy atom. The van der Waals surface area contributed by atoms with Crippen LogP contribution in [0.2, 0.25) is 5.02 Å². The maximum atomic E-state index is 11.2. The van der Waals surface area contributed by atoms with Gasteiger partial charge in [0.2, 0.25) is 6.23 Å². The fourth-order valence-corrected chi connectivity index (χ4v) is 1.53. The maximum absolute atomic E-state index is 11.2. The van der Waals surface area contributed by atoms with Crippen LogP contribution in [0, 0.1) is 0 Å². The first-order chi connectivity index (χ1) is 8.25. The van der Waals surface area contributed by atoms with Crippen LogP contribution in [0.4, 0.5) is 0 Å². The highest BCUT2D eigenvalue weighted by Crippen LogP contribution is 2.10. The molecule has 1 unspecified atom stereocenters. The van der Waals surface area contributed by atoms with Crippen LogP contribution in [-0.2, 0) is 16.0 Å². The number of ether oxygens (including phenoxy) is 1. The van der Waals surface area contributed by atoms with Crippen LogP contribution in [0.15, 0.2) is 34.3 Å². The predicted molar refractivity (Wildman–Crippen MR) is 66.9 cm³/mol. The Balaban J connectivity index is 1.80. The molecule has 0 N–H and O–H groups in total. The van der Waals surface area contributed by atoms with Crippen LogP contribution >= 0.6 is 11.6 Å². The van der Waals surface area contributed by atoms with Gasteiger partial charge in [-0.15, -0.1) is 0 Å². The smallest absolute Gasteiger partial charge is 0.297 e. The summed E-state index contributed by atoms with van der Waals surface area (Å²) in [4.78, 5) is 18.7. The lowest BCUT2D eigenvalue weighted by Gasteiger charge is -2.11. The number of carbonyl (C=O) groups is 1. The third-order valence-electron chi connectivity index (χ3n) is 2.28. The summed E-state index contributed by atoms with van der Waals surface area (Å²) in [6, 6.07) is 7.50. The van der Waals surface area contributed by atoms with Crippen LogP contribution < -0.4 is 0 Å². The zero-order chi connectivity index (χ0) is 12.1. The highest BCUT2D eigenvalue weighted by molar-refractivity contribution is 6.30. The Hall–Kier alpha value is -1.52. The van der Waals surface area contributed by atoms with Crippen LogP contribution in [0.1, 0.15) is 5.56 Å². The molecule has 1 heterocycles. The quantitative estimate of drug-likeness (QED) is 0.820. The normalized spacial score (nSPS) is 18.6. The minimum atomic E-state index is -0.785. The number of nitrogens with zero attached hydrogens (tertiary/aromatic N) is 2. The molecular weight excluding hydrogens is 240 g/mol. The van der Waals surface area contributed by atoms with Crippen molar-refractivity contribution in [3.05, 3.63) is 34.9 Å². The van der Waals surface area contributed by atoms with Crippen molar-refractivity contribution in [2.24, 2.45) is 9.98 Å². The van der Waals surface area contributed by atoms with Gasteiger partial charge in [-0.2, -0.15) is 0 Å². The summed E-state index contributed by atoms with van der Waals surface area (Å²) in [5.74, 6) is -0.358. The van der Waals surface area contributed by atoms with Crippen LogP contribution in [-0.4, -0.2) is 31.2 Å². The summed E-state index contributed by atoms with van der Waals surface area (Å²) in [5.41, 5.74) is 1.10. The molecule has 88 valence electrons. The first kappa shape index (κ1) is 12.0. The van der Waals surface area contributed by atoms with E-state index in [1.165, 1.54) is 12.4 Å². The Bertz CT molecular complexity index is 454. The second kappa shape index (κ2) is 5.70. The molecule has 2 rings (SSSR count). The Morgan fingerprint density at radius 1 is 1.24 bits per heavy atom. The van der Waals surface area contributed by atoms with Crippen molar-refractivity contribution >= 4 is 29.9 Å². The molecule has 17 heavy (non-hydrogen) atoms. The zero-order valence-corrected chi connectivity index (χ0v) is 9.80. The van der Waals surface area contributed by atoms with E-state index in [0.29, 0.717) is 18.1 Å². The van der Waals surface area contributed by atoms with Gasteiger partial charge in [0.1, 0.15) is 0 Å². The summed E-state index contributed by atoms with van der Waals surface area (Å²) < 4.78 is 5.34. The SMILES string of the molecule is O=C1N=CC=NC1OCCc1ccc(Cl)cc1. The largest absolute Gasteiger partial charge is 0.348 e. The third-order valence-corrected chi connectivity index (χ3v) is 2.53. The molecule has 1 amide bonds. The van der Waals surface area contributed by atoms with Gasteiger partial charge in [-0.3, -0.25) is 9.79 Å². The summed E-state index contributed by atoms with van der Waals surface area (Å²) in [6.07, 6.45) is 2.75. The molecule has 1 atom stereocenters. The highest BCUT2D eigenvalue weighted by atomic mass is 35.5. The van der Waals surface area contributed by atoms with E-state index in [9.17, 15) is 4.79 Å². The molecule has 1 aromatic rings. The minimum absolute atomic E-state index is 0.358. The Labute approximate surface area is 104 Å². The van der Waals surface area contributed by atoms with Gasteiger partial charge in [-0.25, -0.2) is 4.99 Å². The first-order valence-corrected chi connectivity index (χ1v) is 5.59. The van der Waals surface area contributed by atoms with Crippen LogP contribution in [0.5, 0.6) is 0 Å². The number of carbonyl (C=O) groups excluding carboxylic acids is 1. The number of halogens is 1. The molecular formula is C12H11ClN2O2. The molecule has 0 saturated carbocycles. The van der Waals surface area contributed by atoms with Crippen molar-refractivity contribution < 1.29 is 9.53 Å². The van der Waals surface area contributed by atoms with Crippen molar-refractivity contribution in [1.29, 1.82) is 0 Å². The number of hydrogen-bond donors (Lipinski definition) is 0. The van der Waals surface area contributed by atoms with Crippen LogP contribution in [0.25, 0.3) is 0 Å². The van der Waals surface area contributed by atoms with E-state index in [2.05, 4.69) is 9.98 Å². The monoisotopic (exact) mass is 250 g/mol. The van der Waals surface area contributed by atoms with E-state index in [1.54, 1.807) is 0 Å². The number of amides is 1. The van der Waals surface area contributed by atoms with Gasteiger partial charge in [-0.05, 0) is 24.1 Å². The van der Waals surface area contributed by atoms with E-state index in [4.69, 9.17) is 16.3 Å². The van der Waals surface area contributed by atoms with Gasteiger partial charge in [-0.1, -0.05) is 23.7 Å². The summed E-state index contributed by atoms with van der Waals surface area (Å²) in [7, 11) is 0. The average Bonchev–Trinajstić information content (AvgIpc) is 2.34. The topological polar surface area (TPSA) is 51.0 Å². The van der Waals surface area contributed by atoms with E-state index < -0.39 is 6.23 Å². The predicted octanol–water partition coefficient (Wildman–Crippen LogP) is 1.91. The van der Waals surface area contributed by atoms with Gasteiger partial charge in [0.15, 0.2) is 0 Å². The second-order valence-electron chi connectivity index (χ2n) is 3.51. The number of hydrogen-bond acceptors (Lipinski definition) is 3. The van der Waals surface area contributed by atoms with E-state index >= 15 is 0 Å². The number of aliphatic imine (C=N–C) groups is 2. The standard InChI is InChI=1S/C12H11ClN2O2/c13-10-3-1-9(2-4-10)5-8-17-12-11(16)14-6-7-15-12/h1-4,6-7,12H,5,8H2. The third kappa shape index (κ3) is 3.47. The molecule has 0 aromatic heterocycles. The molecule has 1 aromatic carbocycles. The second-order valence-corrected chi connectivity index (χ2v) is 3.95. The molecule has 1 aliphatic rings. The fraction of sp³-hybridized carbons (Fsp3) is 0.250. The fourth-order valence-electron chi connectivity index (χ4n) is 1.40. The van der Waals surface area contributed by atoms with Gasteiger partial charge in [0.25, 0.3) is 5.91 Å². The Morgan fingerprint density at radius 2 is 2.00 bits per heavy atom. The lowest BCUT2D eigenvalue weighted by molar-refractivity contribution is -0.128. The van der Waals surface area contributed by atoms with Gasteiger partial charge >= 0.3 is 0 Å². The van der Waals surface area contributed by atoms with Crippen molar-refractivity contribution in [2.75, 3.05) is 6.61 Å². The van der Waals surface area contributed by atoms with Gasteiger partial charge in [0, 0.05) is 17.5 Å². The molecule has 4 nitrogen and oxygen atoms in total. The molecule has 0 fully saturated rings. The van der Waals surface area contributed by atoms with E-state index in [1.807, 2.05) is 24.3 Å². The van der Waals surface area contributed by atoms with Gasteiger partial charge < -0.3 is 4.74 Å². The molecule has 1 aliphatic heterocycles. The number of rotatable bonds is 4. The Kier molecular flexibility index (Phi) is 4.01. The molecule has 0 radical (unpaired) electrons. The average molecular weight is 251 g/mol. The van der Waals surface area contributed by atoms with Crippen molar-refractivity contribution in [3.8, 4) is 0 Å². The van der Waals surface area contributed by atoms with Crippen molar-refractivity contribution in [1.82, 2.24) is 0 Å². The summed E-state index contributed by atoms with van der Waals surface area (Å²) >= 11 is 5.78. The first-order valence-electron chi connectivity index (χ1n) is 5.21. The molecule has 0 bridgehead atoms. The lowest BCUT2D eigenvalue weighted by Crippen LogP contribution is -2.24. The van der Waals surface area contributed by atoms with E-state index in [0.717, 1.165) is 5.56 Å². The molecule has 5 heteroatoms. The minimum Gasteiger partial charge on any atom is -0.348 e. The molecule has 0 saturated heterocycles. The molecule has 0 spiro atoms. The van der Waals surface area contributed by atoms with Crippen LogP contribution in [0.3, 0.4) is 0 Å². The number of benzene rings is 1. The maximum Gasteiger partial charge on any atom is 0.297 e. The van der Waals surface area contributed by atoms with Crippen molar-refractivity contribution in [2.45, 2.75) is 12.6 Å².